The van der Waals surface area contributed by atoms with Crippen LogP contribution in [0, 0.1) is 0 Å². The second-order valence-electron chi connectivity index (χ2n) is 6.84. The number of nitrogens with zero attached hydrogens (tertiary/aromatic N) is 4. The molecule has 7 nitrogen and oxygen atoms in total. The molecule has 0 saturated heterocycles. The highest BCUT2D eigenvalue weighted by Gasteiger charge is 2.30. The number of nitrogens with one attached hydrogen (secondary N) is 1. The van der Waals surface area contributed by atoms with Gasteiger partial charge in [0, 0.05) is 19.3 Å². The molecule has 0 aliphatic heterocycles. The zero-order valence-corrected chi connectivity index (χ0v) is 17.8. The molecule has 0 saturated carbocycles. The van der Waals surface area contributed by atoms with Crippen molar-refractivity contribution in [2.75, 3.05) is 7.05 Å². The van der Waals surface area contributed by atoms with Gasteiger partial charge in [-0.15, -0.1) is 0 Å². The number of carbonyl (C=O) groups excluding carboxylic acids is 2. The van der Waals surface area contributed by atoms with E-state index in [0.29, 0.717) is 12.0 Å². The number of pyridine rings is 1. The van der Waals surface area contributed by atoms with E-state index in [9.17, 15) is 22.8 Å². The summed E-state index contributed by atoms with van der Waals surface area (Å²) in [4.78, 5) is 34.7. The summed E-state index contributed by atoms with van der Waals surface area (Å²) in [6, 6.07) is 6.65. The second-order valence-corrected chi connectivity index (χ2v) is 7.23. The van der Waals surface area contributed by atoms with E-state index in [4.69, 9.17) is 11.6 Å². The first kappa shape index (κ1) is 24.1. The normalized spacial score (nSPS) is 11.9. The van der Waals surface area contributed by atoms with E-state index in [-0.39, 0.29) is 29.4 Å². The lowest BCUT2D eigenvalue weighted by Gasteiger charge is -2.25. The Labute approximate surface area is 182 Å². The molecule has 0 atom stereocenters. The molecule has 0 aliphatic carbocycles. The van der Waals surface area contributed by atoms with Crippen molar-refractivity contribution in [3.63, 3.8) is 0 Å². The first-order chi connectivity index (χ1) is 14.5. The number of hydrogen-bond acceptors (Lipinski definition) is 4. The molecule has 2 aromatic rings. The summed E-state index contributed by atoms with van der Waals surface area (Å²) in [5.74, 6) is -0.234. The van der Waals surface area contributed by atoms with Crippen LogP contribution in [-0.4, -0.2) is 46.3 Å². The SMILES string of the molecule is CC(C)N(C)C(=O)NC(=Nc1cccc(C(F)(F)F)c1)N(C=O)Cc1ccc(Cl)nc1. The highest BCUT2D eigenvalue weighted by atomic mass is 35.5. The third kappa shape index (κ3) is 6.95. The van der Waals surface area contributed by atoms with Gasteiger partial charge >= 0.3 is 12.2 Å². The number of carbonyl (C=O) groups is 2. The fourth-order valence-electron chi connectivity index (χ4n) is 2.32. The number of urea groups is 1. The van der Waals surface area contributed by atoms with E-state index in [1.807, 2.05) is 0 Å². The van der Waals surface area contributed by atoms with Gasteiger partial charge < -0.3 is 4.90 Å². The molecular formula is C20H21ClF3N5O2. The molecule has 0 bridgehead atoms. The van der Waals surface area contributed by atoms with Crippen molar-refractivity contribution in [1.29, 1.82) is 0 Å². The maximum absolute atomic E-state index is 13.0. The Balaban J connectivity index is 2.43. The molecular weight excluding hydrogens is 435 g/mol. The molecule has 0 aliphatic rings. The molecule has 0 spiro atoms. The largest absolute Gasteiger partial charge is 0.416 e. The van der Waals surface area contributed by atoms with Gasteiger partial charge in [0.1, 0.15) is 5.15 Å². The van der Waals surface area contributed by atoms with E-state index in [0.717, 1.165) is 17.0 Å². The van der Waals surface area contributed by atoms with Gasteiger partial charge in [-0.2, -0.15) is 13.2 Å². The summed E-state index contributed by atoms with van der Waals surface area (Å²) in [6.07, 6.45) is -2.72. The number of halogens is 4. The standard InChI is InChI=1S/C20H21ClF3N5O2/c1-13(2)28(3)19(31)27-18(26-16-6-4-5-15(9-16)20(22,23)24)29(12-30)11-14-7-8-17(21)25-10-14/h4-10,12-13H,11H2,1-3H3,(H,26,27,31). The van der Waals surface area contributed by atoms with Crippen molar-refractivity contribution >= 4 is 35.7 Å². The minimum absolute atomic E-state index is 0.0445. The smallest absolute Gasteiger partial charge is 0.325 e. The summed E-state index contributed by atoms with van der Waals surface area (Å²) >= 11 is 5.76. The highest BCUT2D eigenvalue weighted by Crippen LogP contribution is 2.31. The van der Waals surface area contributed by atoms with Crippen LogP contribution in [0.25, 0.3) is 0 Å². The molecule has 2 rings (SSSR count). The van der Waals surface area contributed by atoms with E-state index in [1.165, 1.54) is 36.3 Å². The number of aromatic nitrogens is 1. The molecule has 0 unspecified atom stereocenters. The third-order valence-electron chi connectivity index (χ3n) is 4.26. The van der Waals surface area contributed by atoms with Crippen LogP contribution >= 0.6 is 11.6 Å². The van der Waals surface area contributed by atoms with Crippen LogP contribution in [0.2, 0.25) is 5.15 Å². The van der Waals surface area contributed by atoms with Gasteiger partial charge in [0.05, 0.1) is 17.8 Å². The van der Waals surface area contributed by atoms with Gasteiger partial charge in [-0.25, -0.2) is 14.8 Å². The number of benzene rings is 1. The Hall–Kier alpha value is -3.14. The van der Waals surface area contributed by atoms with Crippen LogP contribution < -0.4 is 5.32 Å². The number of hydrogen-bond donors (Lipinski definition) is 1. The monoisotopic (exact) mass is 455 g/mol. The van der Waals surface area contributed by atoms with Crippen molar-refractivity contribution in [1.82, 2.24) is 20.1 Å². The fourth-order valence-corrected chi connectivity index (χ4v) is 2.43. The molecule has 31 heavy (non-hydrogen) atoms. The fraction of sp³-hybridized carbons (Fsp3) is 0.300. The predicted octanol–water partition coefficient (Wildman–Crippen LogP) is 4.45. The molecule has 1 N–H and O–H groups in total. The topological polar surface area (TPSA) is 77.9 Å². The zero-order valence-electron chi connectivity index (χ0n) is 17.0. The van der Waals surface area contributed by atoms with Gasteiger partial charge in [0.15, 0.2) is 0 Å². The molecule has 166 valence electrons. The van der Waals surface area contributed by atoms with Gasteiger partial charge in [0.25, 0.3) is 0 Å². The van der Waals surface area contributed by atoms with Gasteiger partial charge in [0.2, 0.25) is 12.4 Å². The lowest BCUT2D eigenvalue weighted by molar-refractivity contribution is -0.137. The summed E-state index contributed by atoms with van der Waals surface area (Å²) in [6.45, 7) is 3.51. The lowest BCUT2D eigenvalue weighted by Crippen LogP contribution is -2.49. The quantitative estimate of drug-likeness (QED) is 0.313. The van der Waals surface area contributed by atoms with Crippen LogP contribution in [-0.2, 0) is 17.5 Å². The minimum atomic E-state index is -4.56. The molecule has 0 fully saturated rings. The molecule has 1 aromatic carbocycles. The second kappa shape index (κ2) is 10.3. The number of alkyl halides is 3. The minimum Gasteiger partial charge on any atom is -0.325 e. The number of guanidine groups is 1. The summed E-state index contributed by atoms with van der Waals surface area (Å²) in [5, 5.41) is 2.75. The highest BCUT2D eigenvalue weighted by molar-refractivity contribution is 6.29. The molecule has 1 heterocycles. The van der Waals surface area contributed by atoms with Crippen LogP contribution in [0.5, 0.6) is 0 Å². The first-order valence-electron chi connectivity index (χ1n) is 9.13. The number of amides is 3. The van der Waals surface area contributed by atoms with Crippen molar-refractivity contribution < 1.29 is 22.8 Å². The van der Waals surface area contributed by atoms with E-state index in [1.54, 1.807) is 19.9 Å². The van der Waals surface area contributed by atoms with Gasteiger partial charge in [-0.1, -0.05) is 23.7 Å². The lowest BCUT2D eigenvalue weighted by atomic mass is 10.2. The van der Waals surface area contributed by atoms with Crippen molar-refractivity contribution in [3.05, 3.63) is 58.9 Å². The van der Waals surface area contributed by atoms with Crippen LogP contribution in [0.1, 0.15) is 25.0 Å². The van der Waals surface area contributed by atoms with Gasteiger partial charge in [-0.05, 0) is 43.7 Å². The summed E-state index contributed by atoms with van der Waals surface area (Å²) in [7, 11) is 1.54. The zero-order chi connectivity index (χ0) is 23.2. The molecule has 11 heteroatoms. The maximum Gasteiger partial charge on any atom is 0.416 e. The average Bonchev–Trinajstić information content (AvgIpc) is 2.71. The molecule has 0 radical (unpaired) electrons. The Kier molecular flexibility index (Phi) is 7.98. The van der Waals surface area contributed by atoms with Gasteiger partial charge in [-0.3, -0.25) is 15.0 Å². The average molecular weight is 456 g/mol. The Morgan fingerprint density at radius 1 is 1.29 bits per heavy atom. The van der Waals surface area contributed by atoms with E-state index >= 15 is 0 Å². The van der Waals surface area contributed by atoms with Crippen LogP contribution in [0.15, 0.2) is 47.6 Å². The van der Waals surface area contributed by atoms with E-state index in [2.05, 4.69) is 15.3 Å². The maximum atomic E-state index is 13.0. The third-order valence-corrected chi connectivity index (χ3v) is 4.49. The molecule has 3 amide bonds. The predicted molar refractivity (Wildman–Crippen MR) is 111 cm³/mol. The van der Waals surface area contributed by atoms with Crippen molar-refractivity contribution in [2.24, 2.45) is 4.99 Å². The van der Waals surface area contributed by atoms with Crippen LogP contribution in [0.3, 0.4) is 0 Å². The molecule has 1 aromatic heterocycles. The number of aliphatic imine (C=N–C) groups is 1. The Morgan fingerprint density at radius 2 is 2.00 bits per heavy atom. The van der Waals surface area contributed by atoms with Crippen LogP contribution in [0.4, 0.5) is 23.7 Å². The summed E-state index contributed by atoms with van der Waals surface area (Å²) < 4.78 is 39.1. The van der Waals surface area contributed by atoms with Crippen molar-refractivity contribution in [3.8, 4) is 0 Å². The first-order valence-corrected chi connectivity index (χ1v) is 9.51. The summed E-state index contributed by atoms with van der Waals surface area (Å²) in [5.41, 5.74) is -0.420. The van der Waals surface area contributed by atoms with Crippen molar-refractivity contribution in [2.45, 2.75) is 32.6 Å². The number of rotatable bonds is 5. The Morgan fingerprint density at radius 3 is 2.55 bits per heavy atom. The Bertz CT molecular complexity index is 949. The van der Waals surface area contributed by atoms with E-state index < -0.39 is 17.8 Å².